The van der Waals surface area contributed by atoms with Crippen molar-refractivity contribution in [2.24, 2.45) is 0 Å². The highest BCUT2D eigenvalue weighted by Crippen LogP contribution is 2.27. The molecule has 11 nitrogen and oxygen atoms in total. The fourth-order valence-electron chi connectivity index (χ4n) is 3.65. The number of rotatable bonds is 8. The highest BCUT2D eigenvalue weighted by Gasteiger charge is 2.50. The Hall–Kier alpha value is -3.32. The predicted molar refractivity (Wildman–Crippen MR) is 124 cm³/mol. The minimum Gasteiger partial charge on any atom is -0.457 e. The molecule has 0 radical (unpaired) electrons. The summed E-state index contributed by atoms with van der Waals surface area (Å²) in [5.41, 5.74) is 1.09. The first-order chi connectivity index (χ1) is 17.0. The Morgan fingerprint density at radius 2 is 1.53 bits per heavy atom. The Labute approximate surface area is 208 Å². The first kappa shape index (κ1) is 27.3. The zero-order valence-electron chi connectivity index (χ0n) is 19.8. The lowest BCUT2D eigenvalue weighted by Gasteiger charge is -2.43. The van der Waals surface area contributed by atoms with E-state index in [0.717, 1.165) is 19.4 Å². The van der Waals surface area contributed by atoms with E-state index in [1.165, 1.54) is 24.3 Å². The van der Waals surface area contributed by atoms with Gasteiger partial charge in [0.2, 0.25) is 0 Å². The summed E-state index contributed by atoms with van der Waals surface area (Å²) in [6.07, 6.45) is -5.99. The third-order valence-electron chi connectivity index (χ3n) is 5.30. The molecule has 194 valence electrons. The molecule has 1 fully saturated rings. The summed E-state index contributed by atoms with van der Waals surface area (Å²) in [4.78, 5) is 36.4. The molecular formula is C24H27NO10S. The van der Waals surface area contributed by atoms with Gasteiger partial charge in [-0.2, -0.15) is 8.42 Å². The van der Waals surface area contributed by atoms with Crippen molar-refractivity contribution in [2.45, 2.75) is 56.3 Å². The van der Waals surface area contributed by atoms with Gasteiger partial charge < -0.3 is 24.6 Å². The number of nitrogens with one attached hydrogen (secondary N) is 1. The van der Waals surface area contributed by atoms with Crippen LogP contribution in [0.25, 0.3) is 0 Å². The number of carbonyl (C=O) groups is 3. The molecule has 1 aliphatic rings. The SMILES string of the molecule is CC(=O)O[C@@H]1[C@H](NC(=O)c2ccccc2)[C@@H](OC(C)=O)[C@@H](COS(=O)(=O)c2ccc(C)cc2)O[C@H]1O. The molecule has 12 heteroatoms. The third-order valence-corrected chi connectivity index (χ3v) is 6.60. The number of benzene rings is 2. The number of ether oxygens (including phenoxy) is 3. The number of aryl methyl sites for hydroxylation is 1. The van der Waals surface area contributed by atoms with Crippen molar-refractivity contribution in [3.05, 3.63) is 65.7 Å². The molecule has 1 aliphatic heterocycles. The largest absolute Gasteiger partial charge is 0.457 e. The van der Waals surface area contributed by atoms with Crippen molar-refractivity contribution in [1.82, 2.24) is 5.32 Å². The zero-order chi connectivity index (χ0) is 26.5. The van der Waals surface area contributed by atoms with Crippen molar-refractivity contribution >= 4 is 28.0 Å². The number of hydrogen-bond donors (Lipinski definition) is 2. The average molecular weight is 522 g/mol. The lowest BCUT2D eigenvalue weighted by molar-refractivity contribution is -0.268. The predicted octanol–water partition coefficient (Wildman–Crippen LogP) is 1.08. The summed E-state index contributed by atoms with van der Waals surface area (Å²) in [5.74, 6) is -2.19. The smallest absolute Gasteiger partial charge is 0.303 e. The van der Waals surface area contributed by atoms with Crippen LogP contribution in [-0.2, 0) is 38.1 Å². The molecule has 1 saturated heterocycles. The zero-order valence-corrected chi connectivity index (χ0v) is 20.6. The van der Waals surface area contributed by atoms with Crippen molar-refractivity contribution in [2.75, 3.05) is 6.61 Å². The Balaban J connectivity index is 1.89. The molecule has 0 unspecified atom stereocenters. The van der Waals surface area contributed by atoms with Crippen LogP contribution < -0.4 is 5.32 Å². The number of esters is 2. The molecule has 36 heavy (non-hydrogen) atoms. The van der Waals surface area contributed by atoms with Crippen molar-refractivity contribution < 1.29 is 46.3 Å². The lowest BCUT2D eigenvalue weighted by Crippen LogP contribution is -2.66. The van der Waals surface area contributed by atoms with Crippen LogP contribution in [-0.4, -0.2) is 68.6 Å². The number of hydrogen-bond acceptors (Lipinski definition) is 10. The minimum absolute atomic E-state index is 0.111. The number of aliphatic hydroxyl groups excluding tert-OH is 1. The van der Waals surface area contributed by atoms with Gasteiger partial charge in [0.25, 0.3) is 16.0 Å². The number of amides is 1. The van der Waals surface area contributed by atoms with Crippen LogP contribution in [0, 0.1) is 6.92 Å². The van der Waals surface area contributed by atoms with Gasteiger partial charge >= 0.3 is 11.9 Å². The van der Waals surface area contributed by atoms with Gasteiger partial charge in [-0.05, 0) is 31.2 Å². The van der Waals surface area contributed by atoms with Gasteiger partial charge in [-0.15, -0.1) is 0 Å². The fourth-order valence-corrected chi connectivity index (χ4v) is 4.56. The molecule has 1 amide bonds. The van der Waals surface area contributed by atoms with E-state index in [-0.39, 0.29) is 10.5 Å². The van der Waals surface area contributed by atoms with Crippen molar-refractivity contribution in [1.29, 1.82) is 0 Å². The Morgan fingerprint density at radius 3 is 2.11 bits per heavy atom. The first-order valence-corrected chi connectivity index (χ1v) is 12.4. The summed E-state index contributed by atoms with van der Waals surface area (Å²) in [5, 5.41) is 13.2. The topological polar surface area (TPSA) is 155 Å². The normalized spacial score (nSPS) is 23.9. The second-order valence-corrected chi connectivity index (χ2v) is 9.75. The molecule has 2 N–H and O–H groups in total. The highest BCUT2D eigenvalue weighted by molar-refractivity contribution is 7.86. The van der Waals surface area contributed by atoms with E-state index in [2.05, 4.69) is 5.32 Å². The van der Waals surface area contributed by atoms with Crippen LogP contribution in [0.1, 0.15) is 29.8 Å². The van der Waals surface area contributed by atoms with Gasteiger partial charge in [-0.25, -0.2) is 0 Å². The fraction of sp³-hybridized carbons (Fsp3) is 0.375. The standard InChI is InChI=1S/C24H27NO10S/c1-14-9-11-18(12-10-14)36(30,31)32-13-19-21(33-15(2)26)20(22(24(29)35-19)34-16(3)27)25-23(28)17-7-5-4-6-8-17/h4-12,19-22,24,29H,13H2,1-3H3,(H,25,28)/t19-,20-,21+,22-,24-/m1/s1. The van der Waals surface area contributed by atoms with Crippen LogP contribution in [0.2, 0.25) is 0 Å². The van der Waals surface area contributed by atoms with Gasteiger partial charge in [-0.1, -0.05) is 35.9 Å². The molecule has 0 bridgehead atoms. The molecule has 3 rings (SSSR count). The van der Waals surface area contributed by atoms with Gasteiger partial charge in [0.05, 0.1) is 11.5 Å². The molecule has 2 aromatic rings. The van der Waals surface area contributed by atoms with Gasteiger partial charge in [-0.3, -0.25) is 18.6 Å². The molecule has 2 aromatic carbocycles. The van der Waals surface area contributed by atoms with E-state index >= 15 is 0 Å². The number of aliphatic hydroxyl groups is 1. The van der Waals surface area contributed by atoms with Crippen molar-refractivity contribution in [3.8, 4) is 0 Å². The van der Waals surface area contributed by atoms with Gasteiger partial charge in [0.1, 0.15) is 12.1 Å². The summed E-state index contributed by atoms with van der Waals surface area (Å²) >= 11 is 0. The summed E-state index contributed by atoms with van der Waals surface area (Å²) < 4.78 is 46.4. The molecule has 1 heterocycles. The minimum atomic E-state index is -4.24. The Kier molecular flexibility index (Phi) is 8.79. The van der Waals surface area contributed by atoms with Crippen LogP contribution in [0.4, 0.5) is 0 Å². The van der Waals surface area contributed by atoms with E-state index < -0.39 is 65.2 Å². The monoisotopic (exact) mass is 521 g/mol. The summed E-state index contributed by atoms with van der Waals surface area (Å²) in [7, 11) is -4.24. The maximum absolute atomic E-state index is 12.9. The van der Waals surface area contributed by atoms with Gasteiger partial charge in [0.15, 0.2) is 18.5 Å². The second kappa shape index (κ2) is 11.6. The van der Waals surface area contributed by atoms with E-state index in [9.17, 15) is 27.9 Å². The molecule has 0 spiro atoms. The van der Waals surface area contributed by atoms with E-state index in [1.54, 1.807) is 37.3 Å². The van der Waals surface area contributed by atoms with Crippen molar-refractivity contribution in [3.63, 3.8) is 0 Å². The molecule has 0 aliphatic carbocycles. The Morgan fingerprint density at radius 1 is 0.944 bits per heavy atom. The third kappa shape index (κ3) is 6.88. The maximum Gasteiger partial charge on any atom is 0.303 e. The first-order valence-electron chi connectivity index (χ1n) is 11.0. The van der Waals surface area contributed by atoms with Crippen LogP contribution in [0.5, 0.6) is 0 Å². The molecule has 0 saturated carbocycles. The van der Waals surface area contributed by atoms with E-state index in [0.29, 0.717) is 0 Å². The highest BCUT2D eigenvalue weighted by atomic mass is 32.2. The second-order valence-electron chi connectivity index (χ2n) is 8.13. The average Bonchev–Trinajstić information content (AvgIpc) is 2.82. The summed E-state index contributed by atoms with van der Waals surface area (Å²) in [6.45, 7) is 3.31. The van der Waals surface area contributed by atoms with Crippen LogP contribution in [0.3, 0.4) is 0 Å². The number of carbonyl (C=O) groups excluding carboxylic acids is 3. The van der Waals surface area contributed by atoms with Crippen LogP contribution in [0.15, 0.2) is 59.5 Å². The molecule has 5 atom stereocenters. The Bertz CT molecular complexity index is 1180. The van der Waals surface area contributed by atoms with Crippen LogP contribution >= 0.6 is 0 Å². The quantitative estimate of drug-likeness (QED) is 0.381. The van der Waals surface area contributed by atoms with E-state index in [1.807, 2.05) is 0 Å². The van der Waals surface area contributed by atoms with E-state index in [4.69, 9.17) is 18.4 Å². The molecular weight excluding hydrogens is 494 g/mol. The maximum atomic E-state index is 12.9. The molecule has 0 aromatic heterocycles. The summed E-state index contributed by atoms with van der Waals surface area (Å²) in [6, 6.07) is 12.7. The van der Waals surface area contributed by atoms with Gasteiger partial charge in [0, 0.05) is 19.4 Å². The lowest BCUT2D eigenvalue weighted by atomic mass is 9.95.